The van der Waals surface area contributed by atoms with E-state index >= 15 is 0 Å². The second-order valence-electron chi connectivity index (χ2n) is 6.09. The lowest BCUT2D eigenvalue weighted by Gasteiger charge is -2.24. The molecule has 1 atom stereocenters. The van der Waals surface area contributed by atoms with Crippen LogP contribution in [-0.4, -0.2) is 20.4 Å². The smallest absolute Gasteiger partial charge is 0.146 e. The molecule has 0 aliphatic heterocycles. The number of carbonyl (C=O) groups excluding carboxylic acids is 1. The van der Waals surface area contributed by atoms with E-state index < -0.39 is 0 Å². The molecule has 0 aromatic heterocycles. The number of carbonyl (C=O) groups is 1. The first-order chi connectivity index (χ1) is 11.2. The molecule has 0 N–H and O–H groups in total. The highest BCUT2D eigenvalue weighted by molar-refractivity contribution is 5.82. The fourth-order valence-corrected chi connectivity index (χ4v) is 3.02. The summed E-state index contributed by atoms with van der Waals surface area (Å²) in [5, 5.41) is 0. The van der Waals surface area contributed by atoms with Gasteiger partial charge in [-0.2, -0.15) is 0 Å². The van der Waals surface area contributed by atoms with Crippen molar-refractivity contribution in [1.29, 1.82) is 0 Å². The number of benzene rings is 2. The molecule has 23 heavy (non-hydrogen) atoms. The highest BCUT2D eigenvalue weighted by Crippen LogP contribution is 2.37. The van der Waals surface area contributed by atoms with Gasteiger partial charge < -0.3 is 4.90 Å². The van der Waals surface area contributed by atoms with E-state index in [-0.39, 0.29) is 5.92 Å². The van der Waals surface area contributed by atoms with Crippen LogP contribution in [0.1, 0.15) is 23.5 Å². The van der Waals surface area contributed by atoms with Crippen LogP contribution in [0.3, 0.4) is 0 Å². The van der Waals surface area contributed by atoms with E-state index in [0.717, 1.165) is 18.3 Å². The van der Waals surface area contributed by atoms with Gasteiger partial charge in [-0.15, -0.1) is 0 Å². The maximum absolute atomic E-state index is 11.5. The molecule has 1 aliphatic rings. The molecule has 2 nitrogen and oxygen atoms in total. The van der Waals surface area contributed by atoms with Crippen LogP contribution in [0.15, 0.2) is 72.3 Å². The van der Waals surface area contributed by atoms with Gasteiger partial charge in [0.05, 0.1) is 0 Å². The zero-order valence-corrected chi connectivity index (χ0v) is 13.6. The van der Waals surface area contributed by atoms with Crippen LogP contribution in [0, 0.1) is 0 Å². The first-order valence-corrected chi connectivity index (χ1v) is 7.87. The maximum Gasteiger partial charge on any atom is 0.146 e. The number of hydrogen-bond acceptors (Lipinski definition) is 2. The van der Waals surface area contributed by atoms with E-state index in [1.165, 1.54) is 22.4 Å². The van der Waals surface area contributed by atoms with Crippen molar-refractivity contribution in [2.24, 2.45) is 0 Å². The SMILES string of the molecule is CN(C)c1ccc(C2CC(c3ccccc3)=CC=C2C=O)cc1. The number of rotatable bonds is 4. The van der Waals surface area contributed by atoms with Gasteiger partial charge in [0.15, 0.2) is 0 Å². The minimum atomic E-state index is 0.129. The molecular weight excluding hydrogens is 282 g/mol. The number of anilines is 1. The molecule has 0 bridgehead atoms. The Balaban J connectivity index is 1.91. The summed E-state index contributed by atoms with van der Waals surface area (Å²) in [6, 6.07) is 18.9. The van der Waals surface area contributed by atoms with Gasteiger partial charge in [0, 0.05) is 25.7 Å². The summed E-state index contributed by atoms with van der Waals surface area (Å²) >= 11 is 0. The van der Waals surface area contributed by atoms with Gasteiger partial charge in [-0.1, -0.05) is 54.6 Å². The lowest BCUT2D eigenvalue weighted by Crippen LogP contribution is -2.11. The molecule has 0 heterocycles. The summed E-state index contributed by atoms with van der Waals surface area (Å²) in [4.78, 5) is 13.5. The van der Waals surface area contributed by atoms with Crippen molar-refractivity contribution in [3.8, 4) is 0 Å². The molecule has 0 spiro atoms. The Labute approximate surface area is 137 Å². The molecule has 3 rings (SSSR count). The Bertz CT molecular complexity index is 739. The minimum absolute atomic E-state index is 0.129. The lowest BCUT2D eigenvalue weighted by molar-refractivity contribution is -0.105. The standard InChI is InChI=1S/C21H21NO/c1-22(2)20-12-10-17(11-13-20)21-14-18(8-9-19(21)15-23)16-6-4-3-5-7-16/h3-13,15,21H,14H2,1-2H3. The number of nitrogens with zero attached hydrogens (tertiary/aromatic N) is 1. The highest BCUT2D eigenvalue weighted by Gasteiger charge is 2.21. The van der Waals surface area contributed by atoms with Crippen LogP contribution >= 0.6 is 0 Å². The molecule has 0 saturated heterocycles. The Hall–Kier alpha value is -2.61. The Morgan fingerprint density at radius 2 is 1.65 bits per heavy atom. The second kappa shape index (κ2) is 6.66. The van der Waals surface area contributed by atoms with E-state index in [2.05, 4.69) is 59.5 Å². The zero-order chi connectivity index (χ0) is 16.2. The van der Waals surface area contributed by atoms with Crippen molar-refractivity contribution >= 4 is 17.5 Å². The van der Waals surface area contributed by atoms with Crippen molar-refractivity contribution < 1.29 is 4.79 Å². The van der Waals surface area contributed by atoms with Gasteiger partial charge in [0.1, 0.15) is 6.29 Å². The van der Waals surface area contributed by atoms with Gasteiger partial charge in [0.25, 0.3) is 0 Å². The van der Waals surface area contributed by atoms with Crippen LogP contribution < -0.4 is 4.90 Å². The molecule has 0 radical (unpaired) electrons. The third-order valence-corrected chi connectivity index (χ3v) is 4.40. The molecule has 2 aromatic carbocycles. The van der Waals surface area contributed by atoms with Crippen molar-refractivity contribution in [1.82, 2.24) is 0 Å². The monoisotopic (exact) mass is 303 g/mol. The summed E-state index contributed by atoms with van der Waals surface area (Å²) < 4.78 is 0. The molecule has 1 unspecified atom stereocenters. The Morgan fingerprint density at radius 1 is 0.957 bits per heavy atom. The van der Waals surface area contributed by atoms with Crippen molar-refractivity contribution in [2.75, 3.05) is 19.0 Å². The van der Waals surface area contributed by atoms with E-state index in [4.69, 9.17) is 0 Å². The predicted octanol–water partition coefficient (Wildman–Crippen LogP) is 4.45. The van der Waals surface area contributed by atoms with E-state index in [1.54, 1.807) is 0 Å². The second-order valence-corrected chi connectivity index (χ2v) is 6.09. The molecule has 2 heteroatoms. The summed E-state index contributed by atoms with van der Waals surface area (Å²) in [5.41, 5.74) is 5.71. The third-order valence-electron chi connectivity index (χ3n) is 4.40. The molecule has 1 aliphatic carbocycles. The zero-order valence-electron chi connectivity index (χ0n) is 13.6. The summed E-state index contributed by atoms with van der Waals surface area (Å²) in [5.74, 6) is 0.129. The summed E-state index contributed by atoms with van der Waals surface area (Å²) in [6.07, 6.45) is 5.88. The van der Waals surface area contributed by atoms with E-state index in [9.17, 15) is 4.79 Å². The summed E-state index contributed by atoms with van der Waals surface area (Å²) in [6.45, 7) is 0. The van der Waals surface area contributed by atoms with Crippen LogP contribution in [0.4, 0.5) is 5.69 Å². The lowest BCUT2D eigenvalue weighted by atomic mass is 9.80. The first kappa shape index (κ1) is 15.3. The fraction of sp³-hybridized carbons (Fsp3) is 0.190. The fourth-order valence-electron chi connectivity index (χ4n) is 3.02. The average molecular weight is 303 g/mol. The Kier molecular flexibility index (Phi) is 4.42. The summed E-state index contributed by atoms with van der Waals surface area (Å²) in [7, 11) is 4.06. The largest absolute Gasteiger partial charge is 0.378 e. The van der Waals surface area contributed by atoms with Gasteiger partial charge in [0.2, 0.25) is 0 Å². The normalized spacial score (nSPS) is 17.2. The van der Waals surface area contributed by atoms with Crippen molar-refractivity contribution in [2.45, 2.75) is 12.3 Å². The number of hydrogen-bond donors (Lipinski definition) is 0. The van der Waals surface area contributed by atoms with Gasteiger partial charge >= 0.3 is 0 Å². The number of allylic oxidation sites excluding steroid dienone is 4. The molecule has 116 valence electrons. The predicted molar refractivity (Wildman–Crippen MR) is 96.7 cm³/mol. The third kappa shape index (κ3) is 3.26. The minimum Gasteiger partial charge on any atom is -0.378 e. The van der Waals surface area contributed by atoms with Crippen LogP contribution in [0.25, 0.3) is 5.57 Å². The van der Waals surface area contributed by atoms with Crippen LogP contribution in [-0.2, 0) is 4.79 Å². The molecule has 0 fully saturated rings. The van der Waals surface area contributed by atoms with E-state index in [0.29, 0.717) is 0 Å². The van der Waals surface area contributed by atoms with Gasteiger partial charge in [-0.3, -0.25) is 4.79 Å². The van der Waals surface area contributed by atoms with Crippen LogP contribution in [0.5, 0.6) is 0 Å². The first-order valence-electron chi connectivity index (χ1n) is 7.87. The quantitative estimate of drug-likeness (QED) is 0.778. The average Bonchev–Trinajstić information content (AvgIpc) is 2.62. The molecular formula is C21H21NO. The molecule has 0 amide bonds. The van der Waals surface area contributed by atoms with Gasteiger partial charge in [-0.05, 0) is 40.8 Å². The van der Waals surface area contributed by atoms with Gasteiger partial charge in [-0.25, -0.2) is 0 Å². The van der Waals surface area contributed by atoms with Crippen LogP contribution in [0.2, 0.25) is 0 Å². The Morgan fingerprint density at radius 3 is 2.26 bits per heavy atom. The van der Waals surface area contributed by atoms with E-state index in [1.807, 2.05) is 26.2 Å². The maximum atomic E-state index is 11.5. The number of aldehydes is 1. The topological polar surface area (TPSA) is 20.3 Å². The molecule has 0 saturated carbocycles. The van der Waals surface area contributed by atoms with Crippen molar-refractivity contribution in [3.05, 3.63) is 83.4 Å². The van der Waals surface area contributed by atoms with Crippen molar-refractivity contribution in [3.63, 3.8) is 0 Å². The highest BCUT2D eigenvalue weighted by atomic mass is 16.1. The molecule has 2 aromatic rings.